The Balaban J connectivity index is 0.00000180. The van der Waals surface area contributed by atoms with Crippen molar-refractivity contribution >= 4 is 23.7 Å². The number of hydrogen-bond donors (Lipinski definition) is 1. The summed E-state index contributed by atoms with van der Waals surface area (Å²) in [6, 6.07) is 0.709. The smallest absolute Gasteiger partial charge is 0.122 e. The summed E-state index contributed by atoms with van der Waals surface area (Å²) >= 11 is 1.86. The van der Waals surface area contributed by atoms with Crippen molar-refractivity contribution in [3.63, 3.8) is 0 Å². The third-order valence-corrected chi connectivity index (χ3v) is 7.49. The molecule has 5 rings (SSSR count). The molecule has 2 aliphatic carbocycles. The number of rotatable bonds is 7. The molecular formula is C20H30ClN5S. The van der Waals surface area contributed by atoms with Crippen molar-refractivity contribution in [1.29, 1.82) is 0 Å². The van der Waals surface area contributed by atoms with E-state index in [1.165, 1.54) is 61.6 Å². The lowest BCUT2D eigenvalue weighted by molar-refractivity contribution is 0.183. The molecule has 1 aliphatic heterocycles. The fraction of sp³-hybridized carbons (Fsp3) is 0.700. The monoisotopic (exact) mass is 407 g/mol. The number of halogens is 1. The summed E-state index contributed by atoms with van der Waals surface area (Å²) in [6.07, 6.45) is 10.7. The van der Waals surface area contributed by atoms with Crippen molar-refractivity contribution in [2.75, 3.05) is 13.1 Å². The van der Waals surface area contributed by atoms with Crippen LogP contribution in [0.3, 0.4) is 0 Å². The third-order valence-electron chi connectivity index (χ3n) is 6.66. The minimum absolute atomic E-state index is 0. The van der Waals surface area contributed by atoms with Gasteiger partial charge in [-0.05, 0) is 57.5 Å². The van der Waals surface area contributed by atoms with Crippen LogP contribution in [0.2, 0.25) is 0 Å². The van der Waals surface area contributed by atoms with Gasteiger partial charge in [-0.25, -0.2) is 9.97 Å². The first kappa shape index (κ1) is 19.4. The van der Waals surface area contributed by atoms with E-state index < -0.39 is 0 Å². The van der Waals surface area contributed by atoms with Gasteiger partial charge in [-0.2, -0.15) is 0 Å². The van der Waals surface area contributed by atoms with Crippen LogP contribution in [0.5, 0.6) is 0 Å². The molecule has 0 radical (unpaired) electrons. The molecule has 0 bridgehead atoms. The predicted molar refractivity (Wildman–Crippen MR) is 111 cm³/mol. The maximum Gasteiger partial charge on any atom is 0.122 e. The highest BCUT2D eigenvalue weighted by atomic mass is 35.5. The third kappa shape index (κ3) is 3.82. The van der Waals surface area contributed by atoms with Gasteiger partial charge < -0.3 is 9.88 Å². The second-order valence-electron chi connectivity index (χ2n) is 8.30. The summed E-state index contributed by atoms with van der Waals surface area (Å²) in [5.41, 5.74) is 4.00. The van der Waals surface area contributed by atoms with Crippen LogP contribution in [0.4, 0.5) is 0 Å². The Morgan fingerprint density at radius 3 is 2.81 bits per heavy atom. The van der Waals surface area contributed by atoms with Crippen LogP contribution < -0.4 is 5.32 Å². The van der Waals surface area contributed by atoms with E-state index >= 15 is 0 Å². The van der Waals surface area contributed by atoms with Gasteiger partial charge in [0.25, 0.3) is 0 Å². The minimum Gasteiger partial charge on any atom is -0.334 e. The lowest BCUT2D eigenvalue weighted by Gasteiger charge is -2.29. The molecule has 148 valence electrons. The number of nitrogens with one attached hydrogen (secondary N) is 1. The molecule has 2 saturated carbocycles. The molecule has 5 nitrogen and oxygen atoms in total. The van der Waals surface area contributed by atoms with E-state index in [0.29, 0.717) is 11.5 Å². The van der Waals surface area contributed by atoms with E-state index in [2.05, 4.69) is 38.4 Å². The molecule has 1 spiro atoms. The maximum atomic E-state index is 4.71. The molecule has 7 heteroatoms. The number of aromatic nitrogens is 3. The highest BCUT2D eigenvalue weighted by Gasteiger charge is 2.56. The molecule has 3 fully saturated rings. The average Bonchev–Trinajstić information content (AvgIpc) is 3.52. The fourth-order valence-corrected chi connectivity index (χ4v) is 5.69. The van der Waals surface area contributed by atoms with E-state index in [1.807, 2.05) is 17.5 Å². The molecule has 27 heavy (non-hydrogen) atoms. The van der Waals surface area contributed by atoms with E-state index in [-0.39, 0.29) is 12.4 Å². The summed E-state index contributed by atoms with van der Waals surface area (Å²) in [6.45, 7) is 7.57. The molecule has 2 aromatic rings. The van der Waals surface area contributed by atoms with Crippen LogP contribution in [0.25, 0.3) is 0 Å². The first-order valence-electron chi connectivity index (χ1n) is 10.2. The molecule has 3 heterocycles. The largest absolute Gasteiger partial charge is 0.334 e. The van der Waals surface area contributed by atoms with Gasteiger partial charge in [0.2, 0.25) is 0 Å². The molecule has 2 aromatic heterocycles. The summed E-state index contributed by atoms with van der Waals surface area (Å²) in [5, 5.41) is 3.54. The fourth-order valence-electron chi connectivity index (χ4n) is 4.81. The number of thiazole rings is 1. The molecule has 3 aliphatic rings. The molecule has 0 amide bonds. The zero-order valence-electron chi connectivity index (χ0n) is 16.1. The predicted octanol–water partition coefficient (Wildman–Crippen LogP) is 3.80. The second-order valence-corrected chi connectivity index (χ2v) is 9.24. The Hall–Kier alpha value is -0.950. The number of piperidine rings is 1. The van der Waals surface area contributed by atoms with Gasteiger partial charge >= 0.3 is 0 Å². The Morgan fingerprint density at radius 2 is 2.07 bits per heavy atom. The lowest BCUT2D eigenvalue weighted by atomic mass is 9.93. The Labute approximate surface area is 172 Å². The van der Waals surface area contributed by atoms with E-state index in [4.69, 9.17) is 4.98 Å². The molecule has 1 unspecified atom stereocenters. The maximum absolute atomic E-state index is 4.71. The number of imidazole rings is 1. The number of hydrogen-bond acceptors (Lipinski definition) is 5. The zero-order valence-corrected chi connectivity index (χ0v) is 17.7. The lowest BCUT2D eigenvalue weighted by Crippen LogP contribution is -2.36. The Kier molecular flexibility index (Phi) is 5.61. The molecule has 1 saturated heterocycles. The van der Waals surface area contributed by atoms with Crippen LogP contribution in [0, 0.1) is 5.41 Å². The highest BCUT2D eigenvalue weighted by Crippen LogP contribution is 2.56. The van der Waals surface area contributed by atoms with Crippen LogP contribution >= 0.6 is 23.7 Å². The van der Waals surface area contributed by atoms with Gasteiger partial charge in [0, 0.05) is 42.3 Å². The number of aryl methyl sites for hydroxylation is 1. The van der Waals surface area contributed by atoms with E-state index in [0.717, 1.165) is 25.6 Å². The zero-order chi connectivity index (χ0) is 17.6. The van der Waals surface area contributed by atoms with Gasteiger partial charge in [-0.15, -0.1) is 23.7 Å². The van der Waals surface area contributed by atoms with Crippen molar-refractivity contribution < 1.29 is 0 Å². The summed E-state index contributed by atoms with van der Waals surface area (Å²) in [7, 11) is 0. The quantitative estimate of drug-likeness (QED) is 0.758. The Bertz CT molecular complexity index is 762. The van der Waals surface area contributed by atoms with Crippen LogP contribution in [0.1, 0.15) is 61.3 Å². The first-order chi connectivity index (χ1) is 12.8. The minimum atomic E-state index is 0. The van der Waals surface area contributed by atoms with Gasteiger partial charge in [-0.3, -0.25) is 4.90 Å². The summed E-state index contributed by atoms with van der Waals surface area (Å²) in [4.78, 5) is 13.6. The summed E-state index contributed by atoms with van der Waals surface area (Å²) < 4.78 is 2.29. The SMILES string of the molecule is CCn1ccnc1CN(Cc1scnc1C1CC1)C1CC12CCNCC2.Cl. The second kappa shape index (κ2) is 7.82. The van der Waals surface area contributed by atoms with Gasteiger partial charge in [0.15, 0.2) is 0 Å². The van der Waals surface area contributed by atoms with Crippen LogP contribution in [0.15, 0.2) is 17.9 Å². The average molecular weight is 408 g/mol. The Morgan fingerprint density at radius 1 is 1.26 bits per heavy atom. The number of nitrogens with zero attached hydrogens (tertiary/aromatic N) is 4. The molecule has 1 N–H and O–H groups in total. The molecular weight excluding hydrogens is 378 g/mol. The highest BCUT2D eigenvalue weighted by molar-refractivity contribution is 7.09. The standard InChI is InChI=1S/C20H29N5S.ClH/c1-2-24-10-9-22-18(24)13-25(17-11-20(17)5-7-21-8-6-20)12-16-19(15-3-4-15)23-14-26-16;/h9-10,14-15,17,21H,2-8,11-13H2,1H3;1H. The van der Waals surface area contributed by atoms with Crippen molar-refractivity contribution in [2.45, 2.75) is 70.6 Å². The van der Waals surface area contributed by atoms with Crippen LogP contribution in [-0.4, -0.2) is 38.6 Å². The molecule has 0 aromatic carbocycles. The van der Waals surface area contributed by atoms with Crippen molar-refractivity contribution in [3.8, 4) is 0 Å². The van der Waals surface area contributed by atoms with Crippen molar-refractivity contribution in [1.82, 2.24) is 24.8 Å². The first-order valence-corrected chi connectivity index (χ1v) is 11.0. The van der Waals surface area contributed by atoms with Crippen molar-refractivity contribution in [2.24, 2.45) is 5.41 Å². The van der Waals surface area contributed by atoms with E-state index in [9.17, 15) is 0 Å². The van der Waals surface area contributed by atoms with Crippen molar-refractivity contribution in [3.05, 3.63) is 34.3 Å². The van der Waals surface area contributed by atoms with Gasteiger partial charge in [-0.1, -0.05) is 0 Å². The van der Waals surface area contributed by atoms with Gasteiger partial charge in [0.05, 0.1) is 17.7 Å². The van der Waals surface area contributed by atoms with Crippen LogP contribution in [-0.2, 0) is 19.6 Å². The summed E-state index contributed by atoms with van der Waals surface area (Å²) in [5.74, 6) is 1.95. The topological polar surface area (TPSA) is 46.0 Å². The molecule has 1 atom stereocenters. The van der Waals surface area contributed by atoms with E-state index in [1.54, 1.807) is 0 Å². The normalized spacial score (nSPS) is 23.6. The van der Waals surface area contributed by atoms with Gasteiger partial charge in [0.1, 0.15) is 5.82 Å².